The van der Waals surface area contributed by atoms with E-state index in [2.05, 4.69) is 4.98 Å². The molecule has 1 aliphatic rings. The Balaban J connectivity index is 2.19. The number of halogens is 1. The van der Waals surface area contributed by atoms with E-state index in [0.29, 0.717) is 13.1 Å². The highest BCUT2D eigenvalue weighted by molar-refractivity contribution is 6.21. The average Bonchev–Trinajstić information content (AvgIpc) is 2.29. The van der Waals surface area contributed by atoms with E-state index in [-0.39, 0.29) is 22.3 Å². The second-order valence-corrected chi connectivity index (χ2v) is 4.53. The number of nitrogens with one attached hydrogen (secondary N) is 1. The molecule has 2 heterocycles. The van der Waals surface area contributed by atoms with Crippen LogP contribution >= 0.6 is 11.6 Å². The summed E-state index contributed by atoms with van der Waals surface area (Å²) in [6, 6.07) is 1.36. The van der Waals surface area contributed by atoms with Crippen LogP contribution in [0, 0.1) is 0 Å². The third kappa shape index (κ3) is 2.27. The highest BCUT2D eigenvalue weighted by Crippen LogP contribution is 2.16. The number of H-pyrrole nitrogens is 1. The molecule has 1 N–H and O–H groups in total. The molecule has 1 atom stereocenters. The molecule has 0 aromatic carbocycles. The molecule has 1 fully saturated rings. The first-order chi connectivity index (χ1) is 7.68. The number of likely N-dealkylation sites (tertiary alicyclic amines) is 1. The molecule has 5 heteroatoms. The highest BCUT2D eigenvalue weighted by Gasteiger charge is 2.24. The largest absolute Gasteiger partial charge is 0.367 e. The van der Waals surface area contributed by atoms with E-state index in [0.717, 1.165) is 12.8 Å². The van der Waals surface area contributed by atoms with Gasteiger partial charge >= 0.3 is 0 Å². The van der Waals surface area contributed by atoms with Crippen LogP contribution in [0.1, 0.15) is 23.2 Å². The van der Waals surface area contributed by atoms with Crippen LogP contribution in [-0.4, -0.2) is 34.3 Å². The zero-order valence-electron chi connectivity index (χ0n) is 8.78. The van der Waals surface area contributed by atoms with Crippen LogP contribution in [0.3, 0.4) is 0 Å². The minimum absolute atomic E-state index is 0.000457. The minimum Gasteiger partial charge on any atom is -0.367 e. The van der Waals surface area contributed by atoms with Crippen LogP contribution in [0.25, 0.3) is 0 Å². The minimum atomic E-state index is -0.250. The lowest BCUT2D eigenvalue weighted by Crippen LogP contribution is -2.42. The van der Waals surface area contributed by atoms with Gasteiger partial charge < -0.3 is 9.88 Å². The van der Waals surface area contributed by atoms with E-state index in [1.807, 2.05) is 0 Å². The van der Waals surface area contributed by atoms with Crippen LogP contribution < -0.4 is 5.43 Å². The van der Waals surface area contributed by atoms with Gasteiger partial charge in [-0.3, -0.25) is 9.59 Å². The fourth-order valence-corrected chi connectivity index (χ4v) is 2.18. The summed E-state index contributed by atoms with van der Waals surface area (Å²) in [5.74, 6) is -0.229. The van der Waals surface area contributed by atoms with Crippen LogP contribution in [0.4, 0.5) is 0 Å². The Hall–Kier alpha value is -1.29. The Kier molecular flexibility index (Phi) is 3.29. The summed E-state index contributed by atoms with van der Waals surface area (Å²) in [5.41, 5.74) is -0.0614. The van der Waals surface area contributed by atoms with Crippen molar-refractivity contribution >= 4 is 17.5 Å². The normalized spacial score (nSPS) is 20.8. The number of aromatic amines is 1. The van der Waals surface area contributed by atoms with E-state index < -0.39 is 0 Å². The summed E-state index contributed by atoms with van der Waals surface area (Å²) in [6.45, 7) is 1.20. The Morgan fingerprint density at radius 3 is 3.06 bits per heavy atom. The molecule has 0 radical (unpaired) electrons. The first kappa shape index (κ1) is 11.2. The average molecular weight is 241 g/mol. The molecule has 4 nitrogen and oxygen atoms in total. The smallest absolute Gasteiger partial charge is 0.259 e. The Morgan fingerprint density at radius 1 is 1.56 bits per heavy atom. The van der Waals surface area contributed by atoms with Gasteiger partial charge in [-0.1, -0.05) is 0 Å². The number of nitrogens with zero attached hydrogens (tertiary/aromatic N) is 1. The highest BCUT2D eigenvalue weighted by atomic mass is 35.5. The molecule has 1 unspecified atom stereocenters. The number of amides is 1. The van der Waals surface area contributed by atoms with E-state index in [1.54, 1.807) is 4.90 Å². The van der Waals surface area contributed by atoms with Gasteiger partial charge in [-0.2, -0.15) is 0 Å². The summed E-state index contributed by atoms with van der Waals surface area (Å²) in [6.07, 6.45) is 4.78. The molecule has 0 saturated carbocycles. The second kappa shape index (κ2) is 4.70. The molecule has 1 aromatic heterocycles. The molecular formula is C11H13ClN2O2. The molecule has 0 bridgehead atoms. The molecule has 1 aromatic rings. The molecular weight excluding hydrogens is 228 g/mol. The SMILES string of the molecule is O=C(c1c[nH]ccc1=O)N1CCCC(Cl)C1. The molecule has 16 heavy (non-hydrogen) atoms. The third-order valence-corrected chi connectivity index (χ3v) is 3.06. The first-order valence-electron chi connectivity index (χ1n) is 5.29. The van der Waals surface area contributed by atoms with Crippen molar-refractivity contribution in [1.29, 1.82) is 0 Å². The van der Waals surface area contributed by atoms with Crippen molar-refractivity contribution in [2.45, 2.75) is 18.2 Å². The predicted molar refractivity (Wildman–Crippen MR) is 61.8 cm³/mol. The fourth-order valence-electron chi connectivity index (χ4n) is 1.86. The lowest BCUT2D eigenvalue weighted by molar-refractivity contribution is 0.0725. The number of hydrogen-bond donors (Lipinski definition) is 1. The maximum absolute atomic E-state index is 12.0. The number of aromatic nitrogens is 1. The predicted octanol–water partition coefficient (Wildman–Crippen LogP) is 1.22. The topological polar surface area (TPSA) is 53.2 Å². The number of rotatable bonds is 1. The van der Waals surface area contributed by atoms with Gasteiger partial charge in [-0.25, -0.2) is 0 Å². The number of carbonyl (C=O) groups is 1. The number of alkyl halides is 1. The quantitative estimate of drug-likeness (QED) is 0.751. The van der Waals surface area contributed by atoms with Crippen molar-refractivity contribution in [3.8, 4) is 0 Å². The van der Waals surface area contributed by atoms with E-state index >= 15 is 0 Å². The van der Waals surface area contributed by atoms with Gasteiger partial charge in [-0.15, -0.1) is 11.6 Å². The van der Waals surface area contributed by atoms with Crippen molar-refractivity contribution in [3.63, 3.8) is 0 Å². The lowest BCUT2D eigenvalue weighted by Gasteiger charge is -2.29. The van der Waals surface area contributed by atoms with E-state index in [9.17, 15) is 9.59 Å². The lowest BCUT2D eigenvalue weighted by atomic mass is 10.1. The van der Waals surface area contributed by atoms with Crippen LogP contribution in [0.15, 0.2) is 23.3 Å². The van der Waals surface area contributed by atoms with Gasteiger partial charge in [0.1, 0.15) is 5.56 Å². The zero-order valence-corrected chi connectivity index (χ0v) is 9.54. The summed E-state index contributed by atoms with van der Waals surface area (Å²) in [4.78, 5) is 27.9. The van der Waals surface area contributed by atoms with Crippen molar-refractivity contribution in [2.24, 2.45) is 0 Å². The van der Waals surface area contributed by atoms with Crippen molar-refractivity contribution in [2.75, 3.05) is 13.1 Å². The molecule has 0 spiro atoms. The molecule has 1 amide bonds. The standard InChI is InChI=1S/C11H13ClN2O2/c12-8-2-1-5-14(7-8)11(16)9-6-13-4-3-10(9)15/h3-4,6,8H,1-2,5,7H2,(H,13,15). The number of piperidine rings is 1. The summed E-state index contributed by atoms with van der Waals surface area (Å²) < 4.78 is 0. The molecule has 1 aliphatic heterocycles. The maximum atomic E-state index is 12.0. The molecule has 1 saturated heterocycles. The van der Waals surface area contributed by atoms with Gasteiger partial charge in [0.2, 0.25) is 0 Å². The van der Waals surface area contributed by atoms with Crippen LogP contribution in [0.2, 0.25) is 0 Å². The van der Waals surface area contributed by atoms with Gasteiger partial charge in [0.15, 0.2) is 5.43 Å². The summed E-state index contributed by atoms with van der Waals surface area (Å²) >= 11 is 6.00. The van der Waals surface area contributed by atoms with Crippen LogP contribution in [0.5, 0.6) is 0 Å². The Morgan fingerprint density at radius 2 is 2.38 bits per heavy atom. The summed E-state index contributed by atoms with van der Waals surface area (Å²) in [5, 5.41) is 0.000457. The third-order valence-electron chi connectivity index (χ3n) is 2.71. The Bertz CT molecular complexity index is 444. The van der Waals surface area contributed by atoms with Crippen molar-refractivity contribution < 1.29 is 4.79 Å². The number of hydrogen-bond acceptors (Lipinski definition) is 2. The van der Waals surface area contributed by atoms with Crippen LogP contribution in [-0.2, 0) is 0 Å². The number of carbonyl (C=O) groups excluding carboxylic acids is 1. The second-order valence-electron chi connectivity index (χ2n) is 3.91. The molecule has 86 valence electrons. The monoisotopic (exact) mass is 240 g/mol. The fraction of sp³-hybridized carbons (Fsp3) is 0.455. The Labute approximate surface area is 98.2 Å². The maximum Gasteiger partial charge on any atom is 0.259 e. The van der Waals surface area contributed by atoms with Gasteiger partial charge in [0.25, 0.3) is 5.91 Å². The molecule has 0 aliphatic carbocycles. The van der Waals surface area contributed by atoms with E-state index in [1.165, 1.54) is 18.5 Å². The van der Waals surface area contributed by atoms with E-state index in [4.69, 9.17) is 11.6 Å². The van der Waals surface area contributed by atoms with Gasteiger partial charge in [0, 0.05) is 31.5 Å². The molecule has 2 rings (SSSR count). The van der Waals surface area contributed by atoms with Crippen molar-refractivity contribution in [3.05, 3.63) is 34.2 Å². The number of pyridine rings is 1. The zero-order chi connectivity index (χ0) is 11.5. The van der Waals surface area contributed by atoms with Gasteiger partial charge in [0.05, 0.1) is 5.38 Å². The first-order valence-corrected chi connectivity index (χ1v) is 5.72. The van der Waals surface area contributed by atoms with Crippen molar-refractivity contribution in [1.82, 2.24) is 9.88 Å². The summed E-state index contributed by atoms with van der Waals surface area (Å²) in [7, 11) is 0. The van der Waals surface area contributed by atoms with Gasteiger partial charge in [-0.05, 0) is 12.8 Å².